The molecule has 1 aromatic rings. The first kappa shape index (κ1) is 10.6. The Labute approximate surface area is 83.7 Å². The number of nitro benzene ring substituents is 1. The summed E-state index contributed by atoms with van der Waals surface area (Å²) in [6.45, 7) is 0. The summed E-state index contributed by atoms with van der Waals surface area (Å²) in [6, 6.07) is 4.81. The highest BCUT2D eigenvalue weighted by Gasteiger charge is 2.13. The van der Waals surface area contributed by atoms with Gasteiger partial charge >= 0.3 is 0 Å². The Balaban J connectivity index is 3.31. The predicted octanol–water partition coefficient (Wildman–Crippen LogP) is 0.585. The molecule has 0 radical (unpaired) electrons. The fourth-order valence-electron chi connectivity index (χ4n) is 0.977. The molecule has 0 spiro atoms. The van der Waals surface area contributed by atoms with Gasteiger partial charge in [-0.3, -0.25) is 20.1 Å². The van der Waals surface area contributed by atoms with Gasteiger partial charge in [0.15, 0.2) is 0 Å². The zero-order valence-corrected chi connectivity index (χ0v) is 7.30. The van der Waals surface area contributed by atoms with E-state index in [0.717, 1.165) is 18.2 Å². The molecule has 0 bridgehead atoms. The number of nitrogens with zero attached hydrogens (tertiary/aromatic N) is 2. The number of hydrogen-bond acceptors (Lipinski definition) is 5. The van der Waals surface area contributed by atoms with Crippen LogP contribution in [0.3, 0.4) is 0 Å². The van der Waals surface area contributed by atoms with Gasteiger partial charge in [-0.05, 0) is 6.07 Å². The Bertz CT molecular complexity index is 463. The van der Waals surface area contributed by atoms with Crippen molar-refractivity contribution in [2.24, 2.45) is 0 Å². The summed E-state index contributed by atoms with van der Waals surface area (Å²) in [5.74, 6) is -0.907. The van der Waals surface area contributed by atoms with Crippen LogP contribution < -0.4 is 5.48 Å². The topological polar surface area (TPSA) is 116 Å². The highest BCUT2D eigenvalue weighted by atomic mass is 16.6. The van der Waals surface area contributed by atoms with E-state index < -0.39 is 10.8 Å². The van der Waals surface area contributed by atoms with Crippen molar-refractivity contribution in [2.75, 3.05) is 0 Å². The number of hydroxylamine groups is 1. The predicted molar refractivity (Wildman–Crippen MR) is 47.1 cm³/mol. The first-order valence-electron chi connectivity index (χ1n) is 3.72. The second-order valence-corrected chi connectivity index (χ2v) is 2.58. The van der Waals surface area contributed by atoms with Crippen molar-refractivity contribution in [1.29, 1.82) is 5.26 Å². The third-order valence-corrected chi connectivity index (χ3v) is 1.62. The lowest BCUT2D eigenvalue weighted by atomic mass is 10.1. The van der Waals surface area contributed by atoms with Crippen molar-refractivity contribution in [1.82, 2.24) is 5.48 Å². The number of benzene rings is 1. The van der Waals surface area contributed by atoms with Crippen LogP contribution in [0.5, 0.6) is 0 Å². The molecule has 0 saturated carbocycles. The lowest BCUT2D eigenvalue weighted by Gasteiger charge is -1.99. The highest BCUT2D eigenvalue weighted by Crippen LogP contribution is 2.16. The fraction of sp³-hybridized carbons (Fsp3) is 0. The molecule has 0 heterocycles. The molecule has 7 nitrogen and oxygen atoms in total. The molecular formula is C8H5N3O4. The highest BCUT2D eigenvalue weighted by molar-refractivity contribution is 5.94. The van der Waals surface area contributed by atoms with Crippen LogP contribution in [0.4, 0.5) is 5.69 Å². The Morgan fingerprint density at radius 1 is 1.53 bits per heavy atom. The summed E-state index contributed by atoms with van der Waals surface area (Å²) in [4.78, 5) is 20.7. The van der Waals surface area contributed by atoms with Crippen molar-refractivity contribution in [3.8, 4) is 6.07 Å². The first-order valence-corrected chi connectivity index (χ1v) is 3.72. The number of amides is 1. The SMILES string of the molecule is N#Cc1cc(C(=O)NO)cc([N+](=O)[O-])c1. The average molecular weight is 207 g/mol. The lowest BCUT2D eigenvalue weighted by Crippen LogP contribution is -2.18. The van der Waals surface area contributed by atoms with Crippen LogP contribution in [-0.4, -0.2) is 16.0 Å². The second kappa shape index (κ2) is 4.17. The average Bonchev–Trinajstić information content (AvgIpc) is 2.27. The number of rotatable bonds is 2. The fourth-order valence-corrected chi connectivity index (χ4v) is 0.977. The molecule has 2 N–H and O–H groups in total. The van der Waals surface area contributed by atoms with E-state index in [1.165, 1.54) is 5.48 Å². The maximum atomic E-state index is 11.0. The first-order chi connectivity index (χ1) is 7.08. The van der Waals surface area contributed by atoms with Crippen LogP contribution in [0.1, 0.15) is 15.9 Å². The van der Waals surface area contributed by atoms with E-state index >= 15 is 0 Å². The maximum absolute atomic E-state index is 11.0. The van der Waals surface area contributed by atoms with Gasteiger partial charge in [0.1, 0.15) is 0 Å². The van der Waals surface area contributed by atoms with Crippen LogP contribution in [0.25, 0.3) is 0 Å². The molecule has 1 amide bonds. The molecule has 0 atom stereocenters. The quantitative estimate of drug-likeness (QED) is 0.418. The molecule has 0 fully saturated rings. The van der Waals surface area contributed by atoms with Crippen molar-refractivity contribution in [3.63, 3.8) is 0 Å². The summed E-state index contributed by atoms with van der Waals surface area (Å²) in [5, 5.41) is 27.3. The molecule has 0 aromatic heterocycles. The van der Waals surface area contributed by atoms with Crippen LogP contribution in [0, 0.1) is 21.4 Å². The maximum Gasteiger partial charge on any atom is 0.274 e. The number of nitro groups is 1. The summed E-state index contributed by atoms with van der Waals surface area (Å²) >= 11 is 0. The van der Waals surface area contributed by atoms with Gasteiger partial charge in [0.25, 0.3) is 11.6 Å². The van der Waals surface area contributed by atoms with Crippen molar-refractivity contribution in [2.45, 2.75) is 0 Å². The minimum atomic E-state index is -0.907. The van der Waals surface area contributed by atoms with Crippen molar-refractivity contribution < 1.29 is 14.9 Å². The summed E-state index contributed by atoms with van der Waals surface area (Å²) < 4.78 is 0. The van der Waals surface area contributed by atoms with Gasteiger partial charge < -0.3 is 0 Å². The number of non-ortho nitro benzene ring substituents is 1. The van der Waals surface area contributed by atoms with Gasteiger partial charge in [-0.2, -0.15) is 5.26 Å². The van der Waals surface area contributed by atoms with Gasteiger partial charge in [-0.15, -0.1) is 0 Å². The minimum absolute atomic E-state index is 0.0252. The van der Waals surface area contributed by atoms with Crippen molar-refractivity contribution >= 4 is 11.6 Å². The van der Waals surface area contributed by atoms with Gasteiger partial charge in [0.05, 0.1) is 16.6 Å². The van der Waals surface area contributed by atoms with Crippen LogP contribution in [-0.2, 0) is 0 Å². The molecule has 0 saturated heterocycles. The largest absolute Gasteiger partial charge is 0.288 e. The van der Waals surface area contributed by atoms with E-state index in [9.17, 15) is 14.9 Å². The zero-order valence-electron chi connectivity index (χ0n) is 7.30. The number of carbonyl (C=O) groups excluding carboxylic acids is 1. The normalized spacial score (nSPS) is 9.07. The van der Waals surface area contributed by atoms with E-state index in [4.69, 9.17) is 10.5 Å². The Kier molecular flexibility index (Phi) is 2.95. The van der Waals surface area contributed by atoms with Crippen LogP contribution in [0.2, 0.25) is 0 Å². The molecule has 7 heteroatoms. The van der Waals surface area contributed by atoms with E-state index in [-0.39, 0.29) is 16.8 Å². The van der Waals surface area contributed by atoms with E-state index in [1.54, 1.807) is 6.07 Å². The Hall–Kier alpha value is -2.46. The summed E-state index contributed by atoms with van der Waals surface area (Å²) in [7, 11) is 0. The standard InChI is InChI=1S/C8H5N3O4/c9-4-5-1-6(8(12)10-13)3-7(2-5)11(14)15/h1-3,13H,(H,10,12). The summed E-state index contributed by atoms with van der Waals surface area (Å²) in [6.07, 6.45) is 0. The number of nitriles is 1. The van der Waals surface area contributed by atoms with Gasteiger partial charge in [0, 0.05) is 17.7 Å². The molecule has 1 aromatic carbocycles. The Morgan fingerprint density at radius 2 is 2.20 bits per heavy atom. The monoisotopic (exact) mass is 207 g/mol. The molecule has 76 valence electrons. The number of carbonyl (C=O) groups is 1. The van der Waals surface area contributed by atoms with Crippen LogP contribution >= 0.6 is 0 Å². The van der Waals surface area contributed by atoms with Gasteiger partial charge in [0.2, 0.25) is 0 Å². The van der Waals surface area contributed by atoms with Gasteiger partial charge in [-0.25, -0.2) is 5.48 Å². The third kappa shape index (κ3) is 2.26. The number of hydrogen-bond donors (Lipinski definition) is 2. The van der Waals surface area contributed by atoms with E-state index in [1.807, 2.05) is 0 Å². The molecule has 0 unspecified atom stereocenters. The summed E-state index contributed by atoms with van der Waals surface area (Å²) in [5.41, 5.74) is 0.771. The molecule has 1 rings (SSSR count). The molecular weight excluding hydrogens is 202 g/mol. The van der Waals surface area contributed by atoms with Gasteiger partial charge in [-0.1, -0.05) is 0 Å². The molecule has 0 aliphatic heterocycles. The van der Waals surface area contributed by atoms with Crippen molar-refractivity contribution in [3.05, 3.63) is 39.4 Å². The zero-order chi connectivity index (χ0) is 11.4. The molecule has 15 heavy (non-hydrogen) atoms. The van der Waals surface area contributed by atoms with Crippen LogP contribution in [0.15, 0.2) is 18.2 Å². The Morgan fingerprint density at radius 3 is 2.67 bits per heavy atom. The smallest absolute Gasteiger partial charge is 0.274 e. The number of nitrogens with one attached hydrogen (secondary N) is 1. The lowest BCUT2D eigenvalue weighted by molar-refractivity contribution is -0.384. The minimum Gasteiger partial charge on any atom is -0.288 e. The third-order valence-electron chi connectivity index (χ3n) is 1.62. The van der Waals surface area contributed by atoms with E-state index in [2.05, 4.69) is 0 Å². The molecule has 0 aliphatic carbocycles. The van der Waals surface area contributed by atoms with E-state index in [0.29, 0.717) is 0 Å². The molecule has 0 aliphatic rings. The second-order valence-electron chi connectivity index (χ2n) is 2.58.